The number of nitrogens with zero attached hydrogens (tertiary/aromatic N) is 2. The fourth-order valence-corrected chi connectivity index (χ4v) is 4.18. The van der Waals surface area contributed by atoms with Gasteiger partial charge in [0.1, 0.15) is 17.7 Å². The van der Waals surface area contributed by atoms with Crippen LogP contribution in [0.15, 0.2) is 59.8 Å². The average Bonchev–Trinajstić information content (AvgIpc) is 3.33. The monoisotopic (exact) mass is 515 g/mol. The molecule has 1 aliphatic rings. The Morgan fingerprint density at radius 2 is 1.94 bits per heavy atom. The number of aromatic nitrogens is 2. The molecule has 0 saturated carbocycles. The van der Waals surface area contributed by atoms with Crippen LogP contribution < -0.4 is 20.7 Å². The Hall–Kier alpha value is -3.54. The van der Waals surface area contributed by atoms with Gasteiger partial charge < -0.3 is 20.7 Å². The number of pyridine rings is 2. The van der Waals surface area contributed by atoms with Gasteiger partial charge >= 0.3 is 0 Å². The van der Waals surface area contributed by atoms with Gasteiger partial charge in [-0.05, 0) is 55.4 Å². The fourth-order valence-electron chi connectivity index (χ4n) is 3.43. The Kier molecular flexibility index (Phi) is 7.29. The highest BCUT2D eigenvalue weighted by Crippen LogP contribution is 2.27. The summed E-state index contributed by atoms with van der Waals surface area (Å²) in [7, 11) is -3.52. The number of carbonyl (C=O) groups is 2. The van der Waals surface area contributed by atoms with Gasteiger partial charge in [0, 0.05) is 25.2 Å². The average molecular weight is 516 g/mol. The molecule has 4 rings (SSSR count). The zero-order chi connectivity index (χ0) is 25.0. The van der Waals surface area contributed by atoms with Gasteiger partial charge in [-0.25, -0.2) is 18.4 Å². The third kappa shape index (κ3) is 6.13. The van der Waals surface area contributed by atoms with Crippen LogP contribution in [0.25, 0.3) is 0 Å². The van der Waals surface area contributed by atoms with E-state index in [2.05, 4.69) is 25.9 Å². The van der Waals surface area contributed by atoms with Gasteiger partial charge in [-0.1, -0.05) is 11.6 Å². The first-order chi connectivity index (χ1) is 16.7. The number of nitrogens with one attached hydrogen (secondary N) is 3. The minimum absolute atomic E-state index is 0.0342. The predicted molar refractivity (Wildman–Crippen MR) is 131 cm³/mol. The van der Waals surface area contributed by atoms with E-state index in [0.717, 1.165) is 19.2 Å². The van der Waals surface area contributed by atoms with Crippen molar-refractivity contribution in [2.24, 2.45) is 0 Å². The molecule has 3 N–H and O–H groups in total. The summed E-state index contributed by atoms with van der Waals surface area (Å²) in [6.45, 7) is 1.34. The van der Waals surface area contributed by atoms with Crippen molar-refractivity contribution in [1.29, 1.82) is 0 Å². The molecule has 3 heterocycles. The Balaban J connectivity index is 1.60. The van der Waals surface area contributed by atoms with Crippen molar-refractivity contribution in [2.45, 2.75) is 17.4 Å². The van der Waals surface area contributed by atoms with Crippen molar-refractivity contribution < 1.29 is 22.7 Å². The predicted octanol–water partition coefficient (Wildman–Crippen LogP) is 2.78. The van der Waals surface area contributed by atoms with E-state index in [4.69, 9.17) is 16.3 Å². The van der Waals surface area contributed by atoms with Crippen LogP contribution in [0, 0.1) is 0 Å². The minimum Gasteiger partial charge on any atom is -0.488 e. The number of hydrogen-bond donors (Lipinski definition) is 3. The molecule has 1 aromatic carbocycles. The SMILES string of the molecule is CS(=O)(=O)c1ccc(C(=O)Nc2cccnc2C(=O)Nc2ccc(Cl)cn2)c(OC2CCNC2)c1. The molecule has 1 unspecified atom stereocenters. The normalized spacial score (nSPS) is 15.4. The van der Waals surface area contributed by atoms with Gasteiger partial charge in [0.05, 0.1) is 21.2 Å². The topological polar surface area (TPSA) is 139 Å². The van der Waals surface area contributed by atoms with E-state index in [1.54, 1.807) is 12.1 Å². The molecule has 0 spiro atoms. The number of amides is 2. The molecule has 1 aliphatic heterocycles. The van der Waals surface area contributed by atoms with Gasteiger partial charge in [-0.2, -0.15) is 0 Å². The minimum atomic E-state index is -3.52. The molecule has 3 aromatic rings. The third-order valence-corrected chi connectivity index (χ3v) is 6.51. The van der Waals surface area contributed by atoms with Crippen molar-refractivity contribution in [3.8, 4) is 5.75 Å². The van der Waals surface area contributed by atoms with Gasteiger partial charge in [-0.15, -0.1) is 0 Å². The summed E-state index contributed by atoms with van der Waals surface area (Å²) in [6, 6.07) is 10.3. The highest BCUT2D eigenvalue weighted by Gasteiger charge is 2.23. The third-order valence-electron chi connectivity index (χ3n) is 5.17. The summed E-state index contributed by atoms with van der Waals surface area (Å²) in [5.41, 5.74) is 0.247. The standard InChI is InChI=1S/C23H22ClN5O5S/c1-35(32,33)16-5-6-17(19(11-16)34-15-8-10-25-13-15)22(30)28-18-3-2-9-26-21(18)23(31)29-20-7-4-14(24)12-27-20/h2-7,9,11-12,15,25H,8,10,13H2,1H3,(H,28,30)(H,27,29,31). The lowest BCUT2D eigenvalue weighted by Gasteiger charge is -2.17. The van der Waals surface area contributed by atoms with Crippen LogP contribution in [-0.4, -0.2) is 55.6 Å². The number of rotatable bonds is 7. The van der Waals surface area contributed by atoms with Crippen molar-refractivity contribution in [3.05, 3.63) is 71.1 Å². The Bertz CT molecular complexity index is 1360. The first-order valence-electron chi connectivity index (χ1n) is 10.6. The smallest absolute Gasteiger partial charge is 0.277 e. The number of halogens is 1. The van der Waals surface area contributed by atoms with Crippen LogP contribution in [0.4, 0.5) is 11.5 Å². The molecule has 2 aromatic heterocycles. The van der Waals surface area contributed by atoms with E-state index in [9.17, 15) is 18.0 Å². The second-order valence-corrected chi connectivity index (χ2v) is 10.3. The number of hydrogen-bond acceptors (Lipinski definition) is 8. The van der Waals surface area contributed by atoms with Crippen LogP contribution in [0.3, 0.4) is 0 Å². The molecular weight excluding hydrogens is 494 g/mol. The fraction of sp³-hybridized carbons (Fsp3) is 0.217. The number of carbonyl (C=O) groups excluding carboxylic acids is 2. The van der Waals surface area contributed by atoms with E-state index in [1.807, 2.05) is 0 Å². The largest absolute Gasteiger partial charge is 0.488 e. The first kappa shape index (κ1) is 24.6. The van der Waals surface area contributed by atoms with Crippen molar-refractivity contribution in [1.82, 2.24) is 15.3 Å². The molecule has 10 nitrogen and oxygen atoms in total. The van der Waals surface area contributed by atoms with E-state index in [0.29, 0.717) is 11.6 Å². The molecule has 1 saturated heterocycles. The van der Waals surface area contributed by atoms with E-state index in [-0.39, 0.29) is 39.5 Å². The lowest BCUT2D eigenvalue weighted by atomic mass is 10.1. The molecule has 1 fully saturated rings. The Labute approximate surface area is 207 Å². The molecule has 2 amide bonds. The lowest BCUT2D eigenvalue weighted by molar-refractivity contribution is 0.102. The van der Waals surface area contributed by atoms with Crippen LogP contribution in [-0.2, 0) is 9.84 Å². The second-order valence-electron chi connectivity index (χ2n) is 7.83. The summed E-state index contributed by atoms with van der Waals surface area (Å²) in [4.78, 5) is 34.1. The van der Waals surface area contributed by atoms with Crippen LogP contribution in [0.2, 0.25) is 5.02 Å². The zero-order valence-electron chi connectivity index (χ0n) is 18.6. The number of ether oxygens (including phenoxy) is 1. The molecule has 12 heteroatoms. The Morgan fingerprint density at radius 3 is 2.63 bits per heavy atom. The van der Waals surface area contributed by atoms with Crippen LogP contribution in [0.5, 0.6) is 5.75 Å². The summed E-state index contributed by atoms with van der Waals surface area (Å²) in [5.74, 6) is -0.770. The molecule has 0 bridgehead atoms. The van der Waals surface area contributed by atoms with Crippen molar-refractivity contribution in [2.75, 3.05) is 30.0 Å². The molecule has 1 atom stereocenters. The number of anilines is 2. The van der Waals surface area contributed by atoms with E-state index in [1.165, 1.54) is 42.7 Å². The first-order valence-corrected chi connectivity index (χ1v) is 12.9. The number of sulfone groups is 1. The molecule has 182 valence electrons. The maximum Gasteiger partial charge on any atom is 0.277 e. The molecule has 0 radical (unpaired) electrons. The van der Waals surface area contributed by atoms with Crippen molar-refractivity contribution >= 4 is 44.8 Å². The van der Waals surface area contributed by atoms with Gasteiger partial charge in [0.15, 0.2) is 15.5 Å². The summed E-state index contributed by atoms with van der Waals surface area (Å²) < 4.78 is 30.1. The quantitative estimate of drug-likeness (QED) is 0.436. The summed E-state index contributed by atoms with van der Waals surface area (Å²) in [6.07, 6.45) is 4.40. The number of benzene rings is 1. The molecule has 0 aliphatic carbocycles. The highest BCUT2D eigenvalue weighted by molar-refractivity contribution is 7.90. The highest BCUT2D eigenvalue weighted by atomic mass is 35.5. The van der Waals surface area contributed by atoms with Gasteiger partial charge in [0.25, 0.3) is 11.8 Å². The van der Waals surface area contributed by atoms with Crippen molar-refractivity contribution in [3.63, 3.8) is 0 Å². The van der Waals surface area contributed by atoms with E-state index >= 15 is 0 Å². The van der Waals surface area contributed by atoms with Gasteiger partial charge in [0.2, 0.25) is 0 Å². The maximum absolute atomic E-state index is 13.2. The molecule has 35 heavy (non-hydrogen) atoms. The zero-order valence-corrected chi connectivity index (χ0v) is 20.2. The maximum atomic E-state index is 13.2. The second kappa shape index (κ2) is 10.4. The lowest BCUT2D eigenvalue weighted by Crippen LogP contribution is -2.23. The van der Waals surface area contributed by atoms with Gasteiger partial charge in [-0.3, -0.25) is 9.59 Å². The van der Waals surface area contributed by atoms with Crippen LogP contribution in [0.1, 0.15) is 27.3 Å². The van der Waals surface area contributed by atoms with E-state index < -0.39 is 21.7 Å². The summed E-state index contributed by atoms with van der Waals surface area (Å²) in [5, 5.41) is 8.86. The Morgan fingerprint density at radius 1 is 1.11 bits per heavy atom. The van der Waals surface area contributed by atoms with Crippen LogP contribution >= 0.6 is 11.6 Å². The summed E-state index contributed by atoms with van der Waals surface area (Å²) >= 11 is 5.82. The molecular formula is C23H22ClN5O5S.